The second kappa shape index (κ2) is 12.1. The molecule has 1 N–H and O–H groups in total. The van der Waals surface area contributed by atoms with Crippen LogP contribution in [0.4, 0.5) is 10.2 Å². The van der Waals surface area contributed by atoms with E-state index < -0.39 is 5.54 Å². The van der Waals surface area contributed by atoms with Crippen LogP contribution in [0.15, 0.2) is 133 Å². The minimum atomic E-state index is -0.862. The number of nitrogens with zero attached hydrogens (tertiary/aromatic N) is 3. The highest BCUT2D eigenvalue weighted by Crippen LogP contribution is 2.44. The molecular formula is C39H35FN4O. The van der Waals surface area contributed by atoms with E-state index in [1.54, 1.807) is 6.07 Å². The number of benzene rings is 5. The number of nitrogens with one attached hydrogen (secondary N) is 1. The van der Waals surface area contributed by atoms with E-state index in [-0.39, 0.29) is 17.6 Å². The quantitative estimate of drug-likeness (QED) is 0.191. The second-order valence-corrected chi connectivity index (χ2v) is 11.9. The Hall–Kier alpha value is -5.07. The van der Waals surface area contributed by atoms with Gasteiger partial charge in [0.25, 0.3) is 0 Å². The molecule has 0 atom stereocenters. The molecule has 0 aliphatic carbocycles. The Bertz CT molecular complexity index is 1830. The number of hydrogen-bond donors (Lipinski definition) is 1. The van der Waals surface area contributed by atoms with Crippen molar-refractivity contribution in [1.29, 1.82) is 0 Å². The Morgan fingerprint density at radius 1 is 0.733 bits per heavy atom. The number of halogens is 1. The molecule has 0 bridgehead atoms. The summed E-state index contributed by atoms with van der Waals surface area (Å²) in [6.45, 7) is 1.77. The van der Waals surface area contributed by atoms with Crippen molar-refractivity contribution in [1.82, 2.24) is 14.7 Å². The predicted molar refractivity (Wildman–Crippen MR) is 179 cm³/mol. The highest BCUT2D eigenvalue weighted by Gasteiger charge is 2.41. The molecule has 1 saturated heterocycles. The number of anilines is 1. The molecule has 1 aromatic heterocycles. The van der Waals surface area contributed by atoms with Crippen LogP contribution in [0.2, 0.25) is 0 Å². The summed E-state index contributed by atoms with van der Waals surface area (Å²) < 4.78 is 16.4. The zero-order valence-corrected chi connectivity index (χ0v) is 25.2. The first-order valence-corrected chi connectivity index (χ1v) is 15.5. The smallest absolute Gasteiger partial charge is 0.228 e. The van der Waals surface area contributed by atoms with E-state index >= 15 is 0 Å². The Labute approximate surface area is 262 Å². The highest BCUT2D eigenvalue weighted by atomic mass is 19.1. The van der Waals surface area contributed by atoms with E-state index in [2.05, 4.69) is 58.3 Å². The van der Waals surface area contributed by atoms with Crippen molar-refractivity contribution < 1.29 is 9.18 Å². The summed E-state index contributed by atoms with van der Waals surface area (Å²) in [5.41, 5.74) is 4.71. The van der Waals surface area contributed by atoms with Gasteiger partial charge in [-0.3, -0.25) is 4.79 Å². The fourth-order valence-electron chi connectivity index (χ4n) is 6.71. The molecule has 7 rings (SSSR count). The first kappa shape index (κ1) is 28.7. The molecular weight excluding hydrogens is 559 g/mol. The number of fused-ring (bicyclic) bond motifs is 1. The highest BCUT2D eigenvalue weighted by molar-refractivity contribution is 6.02. The number of carbonyl (C=O) groups is 1. The molecule has 6 heteroatoms. The van der Waals surface area contributed by atoms with E-state index in [0.29, 0.717) is 5.82 Å². The summed E-state index contributed by atoms with van der Waals surface area (Å²) in [6.07, 6.45) is 1.61. The summed E-state index contributed by atoms with van der Waals surface area (Å²) in [5.74, 6) is 0.0974. The van der Waals surface area contributed by atoms with Gasteiger partial charge in [0.15, 0.2) is 5.82 Å². The van der Waals surface area contributed by atoms with Crippen molar-refractivity contribution in [3.05, 3.63) is 156 Å². The number of likely N-dealkylation sites (tertiary alicyclic amines) is 1. The van der Waals surface area contributed by atoms with Crippen LogP contribution in [-0.2, 0) is 10.3 Å². The van der Waals surface area contributed by atoms with Gasteiger partial charge in [0.2, 0.25) is 5.91 Å². The van der Waals surface area contributed by atoms with E-state index in [1.807, 2.05) is 78.9 Å². The van der Waals surface area contributed by atoms with Crippen molar-refractivity contribution in [2.45, 2.75) is 18.4 Å². The topological polar surface area (TPSA) is 50.2 Å². The summed E-state index contributed by atoms with van der Waals surface area (Å²) in [6, 6.07) is 43.8. The summed E-state index contributed by atoms with van der Waals surface area (Å²) in [4.78, 5) is 16.0. The van der Waals surface area contributed by atoms with Gasteiger partial charge in [0.1, 0.15) is 11.4 Å². The van der Waals surface area contributed by atoms with E-state index in [4.69, 9.17) is 5.10 Å². The largest absolute Gasteiger partial charge is 0.308 e. The zero-order chi connectivity index (χ0) is 30.8. The number of piperidine rings is 1. The molecule has 45 heavy (non-hydrogen) atoms. The molecule has 1 aliphatic heterocycles. The zero-order valence-electron chi connectivity index (χ0n) is 25.2. The van der Waals surface area contributed by atoms with Gasteiger partial charge in [-0.1, -0.05) is 109 Å². The van der Waals surface area contributed by atoms with Gasteiger partial charge < -0.3 is 10.2 Å². The molecule has 1 aliphatic rings. The first-order valence-electron chi connectivity index (χ1n) is 15.5. The third-order valence-electron chi connectivity index (χ3n) is 9.06. The SMILES string of the molecule is CN1CCC(C(=O)Nc2nn(C(c3ccccc3)(c3ccccc3)c3ccccc3)c3ccc(-c4cccc(F)c4)cc23)CC1. The molecule has 1 fully saturated rings. The van der Waals surface area contributed by atoms with Crippen LogP contribution in [0.5, 0.6) is 0 Å². The molecule has 5 nitrogen and oxygen atoms in total. The van der Waals surface area contributed by atoms with Gasteiger partial charge in [-0.25, -0.2) is 9.07 Å². The van der Waals surface area contributed by atoms with Crippen molar-refractivity contribution in [3.63, 3.8) is 0 Å². The molecule has 0 spiro atoms. The normalized spacial score (nSPS) is 14.4. The minimum absolute atomic E-state index is 0.0180. The van der Waals surface area contributed by atoms with Crippen LogP contribution >= 0.6 is 0 Å². The molecule has 224 valence electrons. The van der Waals surface area contributed by atoms with Gasteiger partial charge in [0.05, 0.1) is 5.52 Å². The number of carbonyl (C=O) groups excluding carboxylic acids is 1. The third kappa shape index (κ3) is 5.32. The van der Waals surface area contributed by atoms with Crippen molar-refractivity contribution in [2.24, 2.45) is 5.92 Å². The molecule has 0 unspecified atom stereocenters. The van der Waals surface area contributed by atoms with Gasteiger partial charge in [-0.2, -0.15) is 5.10 Å². The van der Waals surface area contributed by atoms with Gasteiger partial charge >= 0.3 is 0 Å². The second-order valence-electron chi connectivity index (χ2n) is 11.9. The van der Waals surface area contributed by atoms with Crippen molar-refractivity contribution in [3.8, 4) is 11.1 Å². The molecule has 5 aromatic carbocycles. The number of rotatable bonds is 7. The summed E-state index contributed by atoms with van der Waals surface area (Å²) >= 11 is 0. The van der Waals surface area contributed by atoms with Gasteiger partial charge in [-0.15, -0.1) is 0 Å². The molecule has 0 radical (unpaired) electrons. The number of amides is 1. The van der Waals surface area contributed by atoms with Gasteiger partial charge in [0, 0.05) is 11.3 Å². The third-order valence-corrected chi connectivity index (χ3v) is 9.06. The first-order chi connectivity index (χ1) is 22.0. The average Bonchev–Trinajstić information content (AvgIpc) is 3.44. The molecule has 2 heterocycles. The van der Waals surface area contributed by atoms with E-state index in [0.717, 1.165) is 64.7 Å². The predicted octanol–water partition coefficient (Wildman–Crippen LogP) is 7.96. The van der Waals surface area contributed by atoms with E-state index in [9.17, 15) is 9.18 Å². The van der Waals surface area contributed by atoms with E-state index in [1.165, 1.54) is 12.1 Å². The summed E-state index contributed by atoms with van der Waals surface area (Å²) in [7, 11) is 2.09. The molecule has 6 aromatic rings. The van der Waals surface area contributed by atoms with Gasteiger partial charge in [-0.05, 0) is 85.1 Å². The van der Waals surface area contributed by atoms with Crippen molar-refractivity contribution >= 4 is 22.6 Å². The van der Waals surface area contributed by atoms with Crippen LogP contribution in [0.1, 0.15) is 29.5 Å². The maximum atomic E-state index is 14.3. The fraction of sp³-hybridized carbons (Fsp3) is 0.179. The average molecular weight is 595 g/mol. The fourth-order valence-corrected chi connectivity index (χ4v) is 6.71. The summed E-state index contributed by atoms with van der Waals surface area (Å²) in [5, 5.41) is 9.33. The lowest BCUT2D eigenvalue weighted by Gasteiger charge is -2.37. The maximum absolute atomic E-state index is 14.3. The number of hydrogen-bond acceptors (Lipinski definition) is 3. The number of aromatic nitrogens is 2. The Balaban J connectivity index is 1.50. The van der Waals surface area contributed by atoms with Crippen LogP contribution in [0, 0.1) is 11.7 Å². The minimum Gasteiger partial charge on any atom is -0.308 e. The Morgan fingerprint density at radius 3 is 1.84 bits per heavy atom. The monoisotopic (exact) mass is 594 g/mol. The molecule has 1 amide bonds. The van der Waals surface area contributed by atoms with Crippen LogP contribution in [0.25, 0.3) is 22.0 Å². The lowest BCUT2D eigenvalue weighted by Crippen LogP contribution is -2.39. The maximum Gasteiger partial charge on any atom is 0.228 e. The molecule has 0 saturated carbocycles. The lowest BCUT2D eigenvalue weighted by molar-refractivity contribution is -0.121. The Morgan fingerprint density at radius 2 is 1.29 bits per heavy atom. The van der Waals surface area contributed by atoms with Crippen LogP contribution in [-0.4, -0.2) is 40.7 Å². The standard InChI is InChI=1S/C39H35FN4O/c1-43-24-22-28(23-25-43)38(45)41-37-35-27-30(29-12-11-19-34(40)26-29)20-21-36(35)44(42-37)39(31-13-5-2-6-14-31,32-15-7-3-8-16-32)33-17-9-4-10-18-33/h2-21,26-28H,22-25H2,1H3,(H,41,42,45). The van der Waals surface area contributed by atoms with Crippen LogP contribution in [0.3, 0.4) is 0 Å². The van der Waals surface area contributed by atoms with Crippen molar-refractivity contribution in [2.75, 3.05) is 25.5 Å². The lowest BCUT2D eigenvalue weighted by atomic mass is 9.77. The Kier molecular flexibility index (Phi) is 7.74. The van der Waals surface area contributed by atoms with Crippen LogP contribution < -0.4 is 5.32 Å².